The molecule has 0 aliphatic heterocycles. The fraction of sp³-hybridized carbons (Fsp3) is 0.353. The van der Waals surface area contributed by atoms with Crippen molar-refractivity contribution in [1.82, 2.24) is 0 Å². The first-order valence-electron chi connectivity index (χ1n) is 6.83. The van der Waals surface area contributed by atoms with Crippen LogP contribution in [0.2, 0.25) is 0 Å². The van der Waals surface area contributed by atoms with Crippen LogP contribution in [0, 0.1) is 6.92 Å². The van der Waals surface area contributed by atoms with Gasteiger partial charge in [-0.1, -0.05) is 36.9 Å². The van der Waals surface area contributed by atoms with E-state index in [2.05, 4.69) is 13.2 Å². The monoisotopic (exact) mass is 290 g/mol. The lowest BCUT2D eigenvalue weighted by atomic mass is 10.1. The molecule has 0 bridgehead atoms. The van der Waals surface area contributed by atoms with E-state index in [1.165, 1.54) is 0 Å². The highest BCUT2D eigenvalue weighted by Crippen LogP contribution is 2.05. The minimum absolute atomic E-state index is 0.228. The van der Waals surface area contributed by atoms with Gasteiger partial charge in [0.2, 0.25) is 0 Å². The Hall–Kier alpha value is -1.91. The highest BCUT2D eigenvalue weighted by Gasteiger charge is 2.06. The molecule has 0 fully saturated rings. The Kier molecular flexibility index (Phi) is 8.09. The summed E-state index contributed by atoms with van der Waals surface area (Å²) >= 11 is 0. The molecule has 1 aromatic carbocycles. The van der Waals surface area contributed by atoms with Crippen LogP contribution in [-0.4, -0.2) is 39.0 Å². The maximum Gasteiger partial charge on any atom is 0.338 e. The Balaban J connectivity index is 2.05. The van der Waals surface area contributed by atoms with Gasteiger partial charge in [0.05, 0.1) is 32.0 Å². The third-order valence-corrected chi connectivity index (χ3v) is 2.66. The van der Waals surface area contributed by atoms with Crippen molar-refractivity contribution in [3.05, 3.63) is 60.2 Å². The first-order valence-corrected chi connectivity index (χ1v) is 6.83. The highest BCUT2D eigenvalue weighted by molar-refractivity contribution is 5.89. The first kappa shape index (κ1) is 17.1. The standard InChI is InChI=1S/C17H22O4/c1-4-14(2)13-20-9-8-19-10-11-21-17(18)16-7-5-6-15(3)12-16/h4-7,12H,1-2,8-11,13H2,3H3. The van der Waals surface area contributed by atoms with Crippen molar-refractivity contribution >= 4 is 5.97 Å². The van der Waals surface area contributed by atoms with E-state index in [0.717, 1.165) is 11.1 Å². The van der Waals surface area contributed by atoms with E-state index >= 15 is 0 Å². The van der Waals surface area contributed by atoms with Gasteiger partial charge in [-0.05, 0) is 24.6 Å². The maximum absolute atomic E-state index is 11.7. The molecule has 0 radical (unpaired) electrons. The van der Waals surface area contributed by atoms with Crippen LogP contribution in [0.3, 0.4) is 0 Å². The average Bonchev–Trinajstić information content (AvgIpc) is 2.49. The molecule has 0 aliphatic rings. The molecular weight excluding hydrogens is 268 g/mol. The molecule has 0 atom stereocenters. The van der Waals surface area contributed by atoms with E-state index in [-0.39, 0.29) is 12.6 Å². The Morgan fingerprint density at radius 2 is 1.90 bits per heavy atom. The molecule has 0 unspecified atom stereocenters. The van der Waals surface area contributed by atoms with E-state index < -0.39 is 0 Å². The van der Waals surface area contributed by atoms with Crippen LogP contribution in [0.15, 0.2) is 49.1 Å². The summed E-state index contributed by atoms with van der Waals surface area (Å²) in [5.41, 5.74) is 2.42. The molecule has 0 saturated carbocycles. The van der Waals surface area contributed by atoms with Gasteiger partial charge >= 0.3 is 5.97 Å². The van der Waals surface area contributed by atoms with E-state index in [9.17, 15) is 4.79 Å². The molecule has 0 saturated heterocycles. The second-order valence-corrected chi connectivity index (χ2v) is 4.53. The van der Waals surface area contributed by atoms with Crippen LogP contribution in [0.5, 0.6) is 0 Å². The summed E-state index contributed by atoms with van der Waals surface area (Å²) < 4.78 is 15.7. The number of carbonyl (C=O) groups excluding carboxylic acids is 1. The molecule has 0 aromatic heterocycles. The van der Waals surface area contributed by atoms with E-state index in [1.807, 2.05) is 19.1 Å². The Morgan fingerprint density at radius 3 is 2.62 bits per heavy atom. The molecule has 4 heteroatoms. The third-order valence-electron chi connectivity index (χ3n) is 2.66. The van der Waals surface area contributed by atoms with Crippen molar-refractivity contribution in [2.24, 2.45) is 0 Å². The molecule has 0 amide bonds. The molecule has 21 heavy (non-hydrogen) atoms. The Bertz CT molecular complexity index is 479. The van der Waals surface area contributed by atoms with Crippen LogP contribution in [0.4, 0.5) is 0 Å². The summed E-state index contributed by atoms with van der Waals surface area (Å²) in [6.07, 6.45) is 1.66. The molecule has 0 spiro atoms. The Morgan fingerprint density at radius 1 is 1.19 bits per heavy atom. The van der Waals surface area contributed by atoms with Gasteiger partial charge in [-0.2, -0.15) is 0 Å². The molecule has 114 valence electrons. The zero-order valence-electron chi connectivity index (χ0n) is 12.5. The highest BCUT2D eigenvalue weighted by atomic mass is 16.6. The van der Waals surface area contributed by atoms with Crippen molar-refractivity contribution in [1.29, 1.82) is 0 Å². The number of esters is 1. The first-order chi connectivity index (χ1) is 10.1. The van der Waals surface area contributed by atoms with Gasteiger partial charge in [0, 0.05) is 0 Å². The number of hydrogen-bond donors (Lipinski definition) is 0. The van der Waals surface area contributed by atoms with Crippen molar-refractivity contribution in [2.75, 3.05) is 33.0 Å². The van der Waals surface area contributed by atoms with Gasteiger partial charge in [-0.15, -0.1) is 0 Å². The normalized spacial score (nSPS) is 10.1. The maximum atomic E-state index is 11.7. The van der Waals surface area contributed by atoms with E-state index in [4.69, 9.17) is 14.2 Å². The summed E-state index contributed by atoms with van der Waals surface area (Å²) in [5, 5.41) is 0. The predicted octanol–water partition coefficient (Wildman–Crippen LogP) is 2.93. The lowest BCUT2D eigenvalue weighted by Crippen LogP contribution is -2.13. The van der Waals surface area contributed by atoms with Crippen molar-refractivity contribution in [3.63, 3.8) is 0 Å². The predicted molar refractivity (Wildman–Crippen MR) is 82.4 cm³/mol. The molecule has 1 rings (SSSR count). The van der Waals surface area contributed by atoms with Crippen molar-refractivity contribution in [2.45, 2.75) is 6.92 Å². The minimum Gasteiger partial charge on any atom is -0.460 e. The van der Waals surface area contributed by atoms with E-state index in [1.54, 1.807) is 18.2 Å². The van der Waals surface area contributed by atoms with Crippen LogP contribution >= 0.6 is 0 Å². The summed E-state index contributed by atoms with van der Waals surface area (Å²) in [7, 11) is 0. The fourth-order valence-corrected chi connectivity index (χ4v) is 1.53. The summed E-state index contributed by atoms with van der Waals surface area (Å²) in [4.78, 5) is 11.7. The SMILES string of the molecule is C=CC(=C)COCCOCCOC(=O)c1cccc(C)c1. The van der Waals surface area contributed by atoms with Crippen molar-refractivity contribution in [3.8, 4) is 0 Å². The zero-order chi connectivity index (χ0) is 15.5. The molecule has 1 aromatic rings. The number of hydrogen-bond acceptors (Lipinski definition) is 4. The second kappa shape index (κ2) is 9.91. The Labute approximate surface area is 126 Å². The molecule has 4 nitrogen and oxygen atoms in total. The van der Waals surface area contributed by atoms with Gasteiger partial charge in [0.25, 0.3) is 0 Å². The summed E-state index contributed by atoms with van der Waals surface area (Å²) in [5.74, 6) is -0.333. The quantitative estimate of drug-likeness (QED) is 0.377. The van der Waals surface area contributed by atoms with Crippen molar-refractivity contribution < 1.29 is 19.0 Å². The number of carbonyl (C=O) groups is 1. The number of ether oxygens (including phenoxy) is 3. The number of aryl methyl sites for hydroxylation is 1. The lowest BCUT2D eigenvalue weighted by Gasteiger charge is -2.07. The average molecular weight is 290 g/mol. The second-order valence-electron chi connectivity index (χ2n) is 4.53. The van der Waals surface area contributed by atoms with Crippen LogP contribution < -0.4 is 0 Å². The van der Waals surface area contributed by atoms with Crippen LogP contribution in [0.1, 0.15) is 15.9 Å². The zero-order valence-corrected chi connectivity index (χ0v) is 12.5. The molecule has 0 aliphatic carbocycles. The fourth-order valence-electron chi connectivity index (χ4n) is 1.53. The molecule has 0 heterocycles. The molecular formula is C17H22O4. The minimum atomic E-state index is -0.333. The summed E-state index contributed by atoms with van der Waals surface area (Å²) in [6, 6.07) is 7.29. The number of benzene rings is 1. The van der Waals surface area contributed by atoms with Gasteiger partial charge in [0.1, 0.15) is 6.61 Å². The van der Waals surface area contributed by atoms with Gasteiger partial charge in [-0.3, -0.25) is 0 Å². The lowest BCUT2D eigenvalue weighted by molar-refractivity contribution is 0.0176. The topological polar surface area (TPSA) is 44.8 Å². The largest absolute Gasteiger partial charge is 0.460 e. The van der Waals surface area contributed by atoms with Gasteiger partial charge < -0.3 is 14.2 Å². The van der Waals surface area contributed by atoms with E-state index in [0.29, 0.717) is 32.0 Å². The smallest absolute Gasteiger partial charge is 0.338 e. The number of rotatable bonds is 10. The molecule has 0 N–H and O–H groups in total. The third kappa shape index (κ3) is 7.44. The van der Waals surface area contributed by atoms with Crippen LogP contribution in [0.25, 0.3) is 0 Å². The van der Waals surface area contributed by atoms with Crippen LogP contribution in [-0.2, 0) is 14.2 Å². The summed E-state index contributed by atoms with van der Waals surface area (Å²) in [6.45, 7) is 11.2. The van der Waals surface area contributed by atoms with Gasteiger partial charge in [-0.25, -0.2) is 4.79 Å². The van der Waals surface area contributed by atoms with Gasteiger partial charge in [0.15, 0.2) is 0 Å².